The molecule has 0 bridgehead atoms. The predicted molar refractivity (Wildman–Crippen MR) is 70.1 cm³/mol. The first-order chi connectivity index (χ1) is 10.3. The molecule has 0 spiro atoms. The number of hydrogen-bond donors (Lipinski definition) is 2. The van der Waals surface area contributed by atoms with Crippen molar-refractivity contribution >= 4 is 11.9 Å². The molecule has 6 nitrogen and oxygen atoms in total. The van der Waals surface area contributed by atoms with Crippen molar-refractivity contribution in [3.05, 3.63) is 23.8 Å². The Labute approximate surface area is 124 Å². The van der Waals surface area contributed by atoms with Gasteiger partial charge in [0.05, 0.1) is 5.56 Å². The summed E-state index contributed by atoms with van der Waals surface area (Å²) >= 11 is 0. The molecule has 0 saturated heterocycles. The molecule has 9 heteroatoms. The fourth-order valence-electron chi connectivity index (χ4n) is 1.65. The van der Waals surface area contributed by atoms with Crippen molar-refractivity contribution in [2.75, 3.05) is 6.54 Å². The minimum absolute atomic E-state index is 0.0427. The van der Waals surface area contributed by atoms with Crippen LogP contribution in [0.25, 0.3) is 0 Å². The van der Waals surface area contributed by atoms with Gasteiger partial charge in [-0.15, -0.1) is 0 Å². The lowest BCUT2D eigenvalue weighted by molar-refractivity contribution is -0.145. The first-order valence-electron chi connectivity index (χ1n) is 6.70. The minimum Gasteiger partial charge on any atom is -0.481 e. The third kappa shape index (κ3) is 6.51. The zero-order valence-electron chi connectivity index (χ0n) is 11.7. The summed E-state index contributed by atoms with van der Waals surface area (Å²) in [6.45, 7) is 0.354. The van der Waals surface area contributed by atoms with Crippen LogP contribution in [-0.2, 0) is 11.0 Å². The smallest absolute Gasteiger partial charge is 0.451 e. The number of unbranched alkanes of at least 4 members (excludes halogenated alkanes) is 3. The topological polar surface area (TPSA) is 92.2 Å². The summed E-state index contributed by atoms with van der Waals surface area (Å²) in [6.07, 6.45) is -0.109. The van der Waals surface area contributed by atoms with Crippen LogP contribution in [0.15, 0.2) is 12.4 Å². The van der Waals surface area contributed by atoms with Gasteiger partial charge < -0.3 is 10.4 Å². The van der Waals surface area contributed by atoms with E-state index in [1.807, 2.05) is 0 Å². The molecule has 1 rings (SSSR count). The summed E-state index contributed by atoms with van der Waals surface area (Å²) in [7, 11) is 0. The van der Waals surface area contributed by atoms with Crippen LogP contribution >= 0.6 is 0 Å². The molecule has 1 amide bonds. The number of carboxylic acids is 1. The van der Waals surface area contributed by atoms with E-state index in [2.05, 4.69) is 15.3 Å². The minimum atomic E-state index is -4.63. The number of rotatable bonds is 8. The summed E-state index contributed by atoms with van der Waals surface area (Å²) in [5.74, 6) is -2.67. The molecule has 0 unspecified atom stereocenters. The molecule has 122 valence electrons. The van der Waals surface area contributed by atoms with Crippen LogP contribution in [0.3, 0.4) is 0 Å². The number of aromatic nitrogens is 2. The molecule has 2 N–H and O–H groups in total. The number of alkyl halides is 3. The van der Waals surface area contributed by atoms with Crippen LogP contribution in [0.1, 0.15) is 48.3 Å². The van der Waals surface area contributed by atoms with Gasteiger partial charge in [-0.25, -0.2) is 9.97 Å². The molecule has 0 atom stereocenters. The molecule has 0 saturated carbocycles. The van der Waals surface area contributed by atoms with Crippen molar-refractivity contribution in [1.82, 2.24) is 15.3 Å². The van der Waals surface area contributed by atoms with E-state index in [1.165, 1.54) is 0 Å². The van der Waals surface area contributed by atoms with E-state index in [1.54, 1.807) is 0 Å². The zero-order chi connectivity index (χ0) is 16.6. The normalized spacial score (nSPS) is 11.2. The van der Waals surface area contributed by atoms with Crippen LogP contribution in [0.4, 0.5) is 13.2 Å². The lowest BCUT2D eigenvalue weighted by atomic mass is 10.1. The molecule has 0 aromatic carbocycles. The van der Waals surface area contributed by atoms with Crippen molar-refractivity contribution in [3.63, 3.8) is 0 Å². The van der Waals surface area contributed by atoms with Gasteiger partial charge in [0.25, 0.3) is 5.91 Å². The van der Waals surface area contributed by atoms with Crippen molar-refractivity contribution in [2.45, 2.75) is 38.3 Å². The number of hydrogen-bond acceptors (Lipinski definition) is 4. The number of carboxylic acid groups (broad SMARTS) is 1. The van der Waals surface area contributed by atoms with Gasteiger partial charge in [-0.1, -0.05) is 12.8 Å². The fourth-order valence-corrected chi connectivity index (χ4v) is 1.65. The average molecular weight is 319 g/mol. The van der Waals surface area contributed by atoms with E-state index in [4.69, 9.17) is 5.11 Å². The Balaban J connectivity index is 2.27. The molecule has 0 fully saturated rings. The maximum absolute atomic E-state index is 12.3. The fraction of sp³-hybridized carbons (Fsp3) is 0.538. The Bertz CT molecular complexity index is 503. The van der Waals surface area contributed by atoms with Crippen molar-refractivity contribution in [2.24, 2.45) is 0 Å². The van der Waals surface area contributed by atoms with E-state index >= 15 is 0 Å². The van der Waals surface area contributed by atoms with Crippen molar-refractivity contribution in [1.29, 1.82) is 0 Å². The van der Waals surface area contributed by atoms with E-state index < -0.39 is 23.9 Å². The molecule has 1 heterocycles. The standard InChI is InChI=1S/C13H16F3N3O3/c14-13(15,16)12-18-7-9(8-19-12)11(22)17-6-4-2-1-3-5-10(20)21/h7-8H,1-6H2,(H,17,22)(H,20,21). The maximum atomic E-state index is 12.3. The Kier molecular flexibility index (Phi) is 6.74. The van der Waals surface area contributed by atoms with Crippen LogP contribution in [0.2, 0.25) is 0 Å². The van der Waals surface area contributed by atoms with Crippen LogP contribution < -0.4 is 5.32 Å². The number of nitrogens with zero attached hydrogens (tertiary/aromatic N) is 2. The largest absolute Gasteiger partial charge is 0.481 e. The van der Waals surface area contributed by atoms with Crippen molar-refractivity contribution in [3.8, 4) is 0 Å². The van der Waals surface area contributed by atoms with E-state index in [0.717, 1.165) is 25.2 Å². The third-order valence-electron chi connectivity index (χ3n) is 2.77. The highest BCUT2D eigenvalue weighted by Gasteiger charge is 2.34. The van der Waals surface area contributed by atoms with Crippen LogP contribution in [0, 0.1) is 0 Å². The summed E-state index contributed by atoms with van der Waals surface area (Å²) in [6, 6.07) is 0. The predicted octanol–water partition coefficient (Wildman–Crippen LogP) is 2.26. The number of halogens is 3. The van der Waals surface area contributed by atoms with Gasteiger partial charge in [-0.2, -0.15) is 13.2 Å². The molecule has 1 aromatic rings. The van der Waals surface area contributed by atoms with Gasteiger partial charge in [-0.05, 0) is 12.8 Å². The molecule has 22 heavy (non-hydrogen) atoms. The molecular formula is C13H16F3N3O3. The van der Waals surface area contributed by atoms with Gasteiger partial charge in [0.1, 0.15) is 0 Å². The second-order valence-electron chi connectivity index (χ2n) is 4.61. The molecule has 0 radical (unpaired) electrons. The number of aliphatic carboxylic acids is 1. The highest BCUT2D eigenvalue weighted by Crippen LogP contribution is 2.25. The second kappa shape index (κ2) is 8.30. The molecule has 0 aliphatic rings. The van der Waals surface area contributed by atoms with Gasteiger partial charge >= 0.3 is 12.1 Å². The second-order valence-corrected chi connectivity index (χ2v) is 4.61. The molecule has 0 aliphatic carbocycles. The number of carbonyl (C=O) groups excluding carboxylic acids is 1. The average Bonchev–Trinajstić information content (AvgIpc) is 2.45. The van der Waals surface area contributed by atoms with Crippen LogP contribution in [-0.4, -0.2) is 33.5 Å². The summed E-state index contributed by atoms with van der Waals surface area (Å²) in [4.78, 5) is 28.1. The molecular weight excluding hydrogens is 303 g/mol. The number of nitrogens with one attached hydrogen (secondary N) is 1. The Morgan fingerprint density at radius 2 is 1.68 bits per heavy atom. The summed E-state index contributed by atoms with van der Waals surface area (Å²) < 4.78 is 36.8. The van der Waals surface area contributed by atoms with Gasteiger partial charge in [0.2, 0.25) is 5.82 Å². The summed E-state index contributed by atoms with van der Waals surface area (Å²) in [5, 5.41) is 11.0. The van der Waals surface area contributed by atoms with Crippen LogP contribution in [0.5, 0.6) is 0 Å². The van der Waals surface area contributed by atoms with E-state index in [9.17, 15) is 22.8 Å². The Morgan fingerprint density at radius 3 is 2.23 bits per heavy atom. The SMILES string of the molecule is O=C(O)CCCCCCNC(=O)c1cnc(C(F)(F)F)nc1. The first kappa shape index (κ1) is 17.9. The third-order valence-corrected chi connectivity index (χ3v) is 2.77. The van der Waals surface area contributed by atoms with Gasteiger partial charge in [0, 0.05) is 25.4 Å². The Hall–Kier alpha value is -2.19. The number of carbonyl (C=O) groups is 2. The maximum Gasteiger partial charge on any atom is 0.451 e. The highest BCUT2D eigenvalue weighted by atomic mass is 19.4. The quantitative estimate of drug-likeness (QED) is 0.717. The molecule has 0 aliphatic heterocycles. The lowest BCUT2D eigenvalue weighted by Crippen LogP contribution is -2.25. The zero-order valence-corrected chi connectivity index (χ0v) is 11.7. The molecule has 1 aromatic heterocycles. The van der Waals surface area contributed by atoms with E-state index in [-0.39, 0.29) is 12.0 Å². The first-order valence-corrected chi connectivity index (χ1v) is 6.70. The monoisotopic (exact) mass is 319 g/mol. The van der Waals surface area contributed by atoms with Gasteiger partial charge in [0.15, 0.2) is 0 Å². The summed E-state index contributed by atoms with van der Waals surface area (Å²) in [5.41, 5.74) is -0.0427. The van der Waals surface area contributed by atoms with E-state index in [0.29, 0.717) is 19.4 Å². The van der Waals surface area contributed by atoms with Crippen molar-refractivity contribution < 1.29 is 27.9 Å². The highest BCUT2D eigenvalue weighted by molar-refractivity contribution is 5.93. The number of amides is 1. The van der Waals surface area contributed by atoms with Gasteiger partial charge in [-0.3, -0.25) is 9.59 Å². The Morgan fingerprint density at radius 1 is 1.09 bits per heavy atom. The lowest BCUT2D eigenvalue weighted by Gasteiger charge is -2.06.